The van der Waals surface area contributed by atoms with E-state index >= 15 is 0 Å². The first-order valence-corrected chi connectivity index (χ1v) is 10.0. The number of aromatic nitrogens is 1. The van der Waals surface area contributed by atoms with Crippen LogP contribution in [0, 0.1) is 0 Å². The molecule has 1 fully saturated rings. The maximum atomic E-state index is 12.9. The third-order valence-electron chi connectivity index (χ3n) is 4.95. The van der Waals surface area contributed by atoms with Crippen molar-refractivity contribution in [2.75, 3.05) is 33.8 Å². The molecule has 0 saturated carbocycles. The largest absolute Gasteiger partial charge is 0.507 e. The van der Waals surface area contributed by atoms with E-state index in [-0.39, 0.29) is 11.3 Å². The summed E-state index contributed by atoms with van der Waals surface area (Å²) in [6.07, 6.45) is 2.32. The Morgan fingerprint density at radius 3 is 2.50 bits per heavy atom. The highest BCUT2D eigenvalue weighted by Gasteiger charge is 2.46. The van der Waals surface area contributed by atoms with Crippen molar-refractivity contribution in [3.05, 3.63) is 65.5 Å². The summed E-state index contributed by atoms with van der Waals surface area (Å²) in [5, 5.41) is 11.0. The van der Waals surface area contributed by atoms with Crippen LogP contribution in [0.25, 0.3) is 5.76 Å². The van der Waals surface area contributed by atoms with Crippen LogP contribution in [0.2, 0.25) is 0 Å². The number of aliphatic hydroxyl groups excluding tert-OH is 1. The van der Waals surface area contributed by atoms with Crippen LogP contribution in [0.4, 0.5) is 0 Å². The Bertz CT molecular complexity index is 923. The van der Waals surface area contributed by atoms with Crippen LogP contribution in [0.5, 0.6) is 5.75 Å². The van der Waals surface area contributed by atoms with Crippen molar-refractivity contribution < 1.29 is 19.4 Å². The van der Waals surface area contributed by atoms with Gasteiger partial charge in [0.2, 0.25) is 0 Å². The maximum absolute atomic E-state index is 12.9. The molecule has 1 aliphatic heterocycles. The van der Waals surface area contributed by atoms with Gasteiger partial charge in [0, 0.05) is 18.3 Å². The van der Waals surface area contributed by atoms with Crippen molar-refractivity contribution in [2.45, 2.75) is 19.4 Å². The topological polar surface area (TPSA) is 83.0 Å². The number of rotatable bonds is 8. The lowest BCUT2D eigenvalue weighted by atomic mass is 9.98. The first-order chi connectivity index (χ1) is 14.4. The summed E-state index contributed by atoms with van der Waals surface area (Å²) in [7, 11) is 3.91. The Hall–Kier alpha value is -3.19. The number of likely N-dealkylation sites (tertiary alicyclic amines) is 1. The number of carbonyl (C=O) groups excluding carboxylic acids is 2. The van der Waals surface area contributed by atoms with Gasteiger partial charge in [-0.2, -0.15) is 0 Å². The summed E-state index contributed by atoms with van der Waals surface area (Å²) in [4.78, 5) is 33.6. The fourth-order valence-electron chi connectivity index (χ4n) is 3.54. The Labute approximate surface area is 176 Å². The smallest absolute Gasteiger partial charge is 0.295 e. The molecular weight excluding hydrogens is 382 g/mol. The highest BCUT2D eigenvalue weighted by atomic mass is 16.5. The Balaban J connectivity index is 2.02. The van der Waals surface area contributed by atoms with Crippen LogP contribution in [0.1, 0.15) is 30.6 Å². The highest BCUT2D eigenvalue weighted by molar-refractivity contribution is 6.46. The van der Waals surface area contributed by atoms with Gasteiger partial charge in [0.1, 0.15) is 17.6 Å². The minimum atomic E-state index is -0.722. The molecule has 7 nitrogen and oxygen atoms in total. The second kappa shape index (κ2) is 9.54. The third kappa shape index (κ3) is 4.52. The maximum Gasteiger partial charge on any atom is 0.295 e. The Morgan fingerprint density at radius 1 is 1.17 bits per heavy atom. The SMILES string of the molecule is CCOc1ccc(/C(O)=C2/C(=O)C(=O)N(CCCN(C)C)C2c2ccccn2)cc1. The number of carbonyl (C=O) groups is 2. The predicted molar refractivity (Wildman–Crippen MR) is 114 cm³/mol. The number of ketones is 1. The summed E-state index contributed by atoms with van der Waals surface area (Å²) < 4.78 is 5.43. The molecule has 0 radical (unpaired) electrons. The third-order valence-corrected chi connectivity index (χ3v) is 4.95. The summed E-state index contributed by atoms with van der Waals surface area (Å²) in [6.45, 7) is 3.59. The van der Waals surface area contributed by atoms with Crippen LogP contribution >= 0.6 is 0 Å². The van der Waals surface area contributed by atoms with E-state index in [1.165, 1.54) is 4.90 Å². The van der Waals surface area contributed by atoms with Crippen LogP contribution in [0.15, 0.2) is 54.2 Å². The zero-order valence-electron chi connectivity index (χ0n) is 17.5. The summed E-state index contributed by atoms with van der Waals surface area (Å²) in [6, 6.07) is 11.4. The number of amides is 1. The second-order valence-electron chi connectivity index (χ2n) is 7.36. The molecule has 1 unspecified atom stereocenters. The van der Waals surface area contributed by atoms with Gasteiger partial charge in [0.05, 0.1) is 17.9 Å². The molecule has 1 aliphatic rings. The van der Waals surface area contributed by atoms with Crippen molar-refractivity contribution in [1.82, 2.24) is 14.8 Å². The molecule has 1 aromatic heterocycles. The molecular formula is C23H27N3O4. The molecule has 0 aliphatic carbocycles. The van der Waals surface area contributed by atoms with Gasteiger partial charge < -0.3 is 19.6 Å². The normalized spacial score (nSPS) is 18.3. The number of pyridine rings is 1. The van der Waals surface area contributed by atoms with Crippen molar-refractivity contribution in [3.8, 4) is 5.75 Å². The zero-order valence-corrected chi connectivity index (χ0v) is 17.5. The van der Waals surface area contributed by atoms with E-state index in [1.54, 1.807) is 48.7 Å². The first-order valence-electron chi connectivity index (χ1n) is 10.0. The van der Waals surface area contributed by atoms with Gasteiger partial charge in [-0.1, -0.05) is 6.07 Å². The average molecular weight is 409 g/mol. The van der Waals surface area contributed by atoms with E-state index in [9.17, 15) is 14.7 Å². The van der Waals surface area contributed by atoms with E-state index < -0.39 is 17.7 Å². The standard InChI is InChI=1S/C23H27N3O4/c1-4-30-17-11-9-16(10-12-17)21(27)19-20(18-8-5-6-13-24-18)26(23(29)22(19)28)15-7-14-25(2)3/h5-6,8-13,20,27H,4,7,14-15H2,1-3H3/b21-19-. The minimum Gasteiger partial charge on any atom is -0.507 e. The molecule has 0 bridgehead atoms. The molecule has 1 saturated heterocycles. The first kappa shape index (κ1) is 21.5. The number of hydrogen-bond donors (Lipinski definition) is 1. The van der Waals surface area contributed by atoms with Crippen molar-refractivity contribution in [1.29, 1.82) is 0 Å². The van der Waals surface area contributed by atoms with E-state index in [0.29, 0.717) is 36.6 Å². The van der Waals surface area contributed by atoms with E-state index in [1.807, 2.05) is 25.9 Å². The van der Waals surface area contributed by atoms with Crippen molar-refractivity contribution in [2.24, 2.45) is 0 Å². The number of hydrogen-bond acceptors (Lipinski definition) is 6. The molecule has 158 valence electrons. The van der Waals surface area contributed by atoms with Gasteiger partial charge in [-0.3, -0.25) is 14.6 Å². The van der Waals surface area contributed by atoms with Gasteiger partial charge in [-0.15, -0.1) is 0 Å². The molecule has 30 heavy (non-hydrogen) atoms. The molecule has 2 aromatic rings. The lowest BCUT2D eigenvalue weighted by molar-refractivity contribution is -0.140. The number of benzene rings is 1. The molecule has 2 heterocycles. The van der Waals surface area contributed by atoms with Gasteiger partial charge >= 0.3 is 0 Å². The highest BCUT2D eigenvalue weighted by Crippen LogP contribution is 2.38. The predicted octanol–water partition coefficient (Wildman–Crippen LogP) is 2.85. The monoisotopic (exact) mass is 409 g/mol. The van der Waals surface area contributed by atoms with E-state index in [2.05, 4.69) is 4.98 Å². The molecule has 1 aromatic carbocycles. The van der Waals surface area contributed by atoms with Crippen molar-refractivity contribution in [3.63, 3.8) is 0 Å². The van der Waals surface area contributed by atoms with Gasteiger partial charge in [-0.05, 0) is 70.4 Å². The fourth-order valence-corrected chi connectivity index (χ4v) is 3.54. The molecule has 1 amide bonds. The quantitative estimate of drug-likeness (QED) is 0.410. The average Bonchev–Trinajstić information content (AvgIpc) is 2.99. The van der Waals surface area contributed by atoms with Crippen molar-refractivity contribution >= 4 is 17.4 Å². The molecule has 0 spiro atoms. The zero-order chi connectivity index (χ0) is 21.7. The molecule has 7 heteroatoms. The summed E-state index contributed by atoms with van der Waals surface area (Å²) >= 11 is 0. The number of ether oxygens (including phenoxy) is 1. The summed E-state index contributed by atoms with van der Waals surface area (Å²) in [5.74, 6) is -0.847. The summed E-state index contributed by atoms with van der Waals surface area (Å²) in [5.41, 5.74) is 1.06. The van der Waals surface area contributed by atoms with Gasteiger partial charge in [-0.25, -0.2) is 0 Å². The van der Waals surface area contributed by atoms with E-state index in [0.717, 1.165) is 6.54 Å². The number of aliphatic hydroxyl groups is 1. The van der Waals surface area contributed by atoms with E-state index in [4.69, 9.17) is 4.74 Å². The molecule has 1 N–H and O–H groups in total. The molecule has 3 rings (SSSR count). The Kier molecular flexibility index (Phi) is 6.84. The van der Waals surface area contributed by atoms with Gasteiger partial charge in [0.15, 0.2) is 0 Å². The number of Topliss-reactive ketones (excluding diaryl/α,β-unsaturated/α-hetero) is 1. The fraction of sp³-hybridized carbons (Fsp3) is 0.348. The Morgan fingerprint density at radius 2 is 1.90 bits per heavy atom. The van der Waals surface area contributed by atoms with Crippen LogP contribution in [-0.2, 0) is 9.59 Å². The molecule has 1 atom stereocenters. The van der Waals surface area contributed by atoms with Crippen LogP contribution < -0.4 is 4.74 Å². The van der Waals surface area contributed by atoms with Crippen LogP contribution in [-0.4, -0.2) is 65.4 Å². The lowest BCUT2D eigenvalue weighted by Gasteiger charge is -2.25. The minimum absolute atomic E-state index is 0.0627. The van der Waals surface area contributed by atoms with Gasteiger partial charge in [0.25, 0.3) is 11.7 Å². The second-order valence-corrected chi connectivity index (χ2v) is 7.36. The number of nitrogens with zero attached hydrogens (tertiary/aromatic N) is 3. The van der Waals surface area contributed by atoms with Crippen LogP contribution in [0.3, 0.4) is 0 Å². The lowest BCUT2D eigenvalue weighted by Crippen LogP contribution is -2.32.